The molecule has 3 aromatic rings. The summed E-state index contributed by atoms with van der Waals surface area (Å²) in [6.07, 6.45) is 3.96. The topological polar surface area (TPSA) is 71.5 Å². The fourth-order valence-electron chi connectivity index (χ4n) is 4.47. The van der Waals surface area contributed by atoms with E-state index in [0.29, 0.717) is 5.69 Å². The summed E-state index contributed by atoms with van der Waals surface area (Å²) in [5.74, 6) is 0.254. The molecule has 0 saturated heterocycles. The Balaban J connectivity index is 1.49. The zero-order chi connectivity index (χ0) is 25.2. The van der Waals surface area contributed by atoms with E-state index in [1.807, 2.05) is 45.9 Å². The highest BCUT2D eigenvalue weighted by molar-refractivity contribution is 7.10. The van der Waals surface area contributed by atoms with Gasteiger partial charge in [0.2, 0.25) is 0 Å². The van der Waals surface area contributed by atoms with Crippen molar-refractivity contribution in [1.29, 1.82) is 0 Å². The average Bonchev–Trinajstić information content (AvgIpc) is 3.60. The molecule has 1 aliphatic rings. The number of ether oxygens (including phenoxy) is 1. The lowest BCUT2D eigenvalue weighted by Gasteiger charge is -2.16. The SMILES string of the molecule is C=C(O)C1(c2ccc(-c3ccc(-c4snc(C)c4NC(=O)OC(C)/C(=C\C)CC)cc3)cc2)CC1. The number of carbonyl (C=O) groups is 1. The van der Waals surface area contributed by atoms with Crippen LogP contribution in [0.15, 0.2) is 72.5 Å². The first kappa shape index (κ1) is 24.7. The van der Waals surface area contributed by atoms with Crippen molar-refractivity contribution in [3.05, 3.63) is 83.8 Å². The van der Waals surface area contributed by atoms with Crippen LogP contribution in [0.2, 0.25) is 0 Å². The number of nitrogens with zero attached hydrogens (tertiary/aromatic N) is 1. The van der Waals surface area contributed by atoms with Crippen LogP contribution in [0.4, 0.5) is 10.5 Å². The number of amides is 1. The Kier molecular flexibility index (Phi) is 7.13. The van der Waals surface area contributed by atoms with Crippen LogP contribution in [0.1, 0.15) is 51.3 Å². The molecule has 0 bridgehead atoms. The molecule has 5 nitrogen and oxygen atoms in total. The van der Waals surface area contributed by atoms with E-state index in [9.17, 15) is 9.90 Å². The maximum Gasteiger partial charge on any atom is 0.412 e. The van der Waals surface area contributed by atoms with E-state index in [-0.39, 0.29) is 17.3 Å². The summed E-state index contributed by atoms with van der Waals surface area (Å²) in [6.45, 7) is 11.5. The third-order valence-corrected chi connectivity index (χ3v) is 7.88. The summed E-state index contributed by atoms with van der Waals surface area (Å²) in [5.41, 5.74) is 6.57. The predicted molar refractivity (Wildman–Crippen MR) is 144 cm³/mol. The van der Waals surface area contributed by atoms with Crippen LogP contribution in [0.5, 0.6) is 0 Å². The highest BCUT2D eigenvalue weighted by Crippen LogP contribution is 2.52. The number of rotatable bonds is 8. The van der Waals surface area contributed by atoms with Crippen LogP contribution in [0, 0.1) is 6.92 Å². The molecule has 1 aromatic heterocycles. The van der Waals surface area contributed by atoms with Crippen LogP contribution >= 0.6 is 11.5 Å². The van der Waals surface area contributed by atoms with Crippen molar-refractivity contribution in [1.82, 2.24) is 4.37 Å². The molecular weight excluding hydrogens is 456 g/mol. The van der Waals surface area contributed by atoms with E-state index >= 15 is 0 Å². The number of aliphatic hydroxyl groups is 1. The van der Waals surface area contributed by atoms with Crippen LogP contribution < -0.4 is 5.32 Å². The number of carbonyl (C=O) groups excluding carboxylic acids is 1. The fourth-order valence-corrected chi connectivity index (χ4v) is 5.32. The largest absolute Gasteiger partial charge is 0.512 e. The van der Waals surface area contributed by atoms with Crippen molar-refractivity contribution in [2.75, 3.05) is 5.32 Å². The highest BCUT2D eigenvalue weighted by atomic mass is 32.1. The Hall–Kier alpha value is -3.38. The van der Waals surface area contributed by atoms with Gasteiger partial charge in [-0.3, -0.25) is 5.32 Å². The van der Waals surface area contributed by atoms with E-state index in [1.54, 1.807) is 0 Å². The number of anilines is 1. The summed E-state index contributed by atoms with van der Waals surface area (Å²) in [5, 5.41) is 12.9. The number of allylic oxidation sites excluding steroid dienone is 2. The van der Waals surface area contributed by atoms with Gasteiger partial charge in [0.1, 0.15) is 6.10 Å². The van der Waals surface area contributed by atoms with Gasteiger partial charge in [-0.15, -0.1) is 0 Å². The second kappa shape index (κ2) is 10.1. The average molecular weight is 489 g/mol. The van der Waals surface area contributed by atoms with Crippen molar-refractivity contribution in [3.8, 4) is 21.6 Å². The first-order valence-electron chi connectivity index (χ1n) is 12.0. The van der Waals surface area contributed by atoms with Gasteiger partial charge in [-0.1, -0.05) is 68.1 Å². The van der Waals surface area contributed by atoms with Gasteiger partial charge in [-0.2, -0.15) is 4.37 Å². The van der Waals surface area contributed by atoms with Crippen molar-refractivity contribution in [3.63, 3.8) is 0 Å². The van der Waals surface area contributed by atoms with Crippen LogP contribution in [-0.2, 0) is 10.2 Å². The maximum atomic E-state index is 12.6. The second-order valence-electron chi connectivity index (χ2n) is 9.05. The van der Waals surface area contributed by atoms with Gasteiger partial charge in [0.25, 0.3) is 0 Å². The number of aryl methyl sites for hydroxylation is 1. The van der Waals surface area contributed by atoms with E-state index < -0.39 is 6.09 Å². The van der Waals surface area contributed by atoms with Crippen molar-refractivity contribution in [2.24, 2.45) is 0 Å². The predicted octanol–water partition coefficient (Wildman–Crippen LogP) is 8.18. The van der Waals surface area contributed by atoms with Gasteiger partial charge < -0.3 is 9.84 Å². The molecule has 35 heavy (non-hydrogen) atoms. The van der Waals surface area contributed by atoms with Crippen molar-refractivity contribution in [2.45, 2.75) is 58.5 Å². The lowest BCUT2D eigenvalue weighted by Crippen LogP contribution is -2.22. The Morgan fingerprint density at radius 1 is 1.17 bits per heavy atom. The Bertz CT molecular complexity index is 1250. The summed E-state index contributed by atoms with van der Waals surface area (Å²) in [7, 11) is 0. The first-order chi connectivity index (χ1) is 16.8. The van der Waals surface area contributed by atoms with E-state index in [1.165, 1.54) is 11.5 Å². The van der Waals surface area contributed by atoms with Crippen LogP contribution in [0.3, 0.4) is 0 Å². The molecule has 1 unspecified atom stereocenters. The van der Waals surface area contributed by atoms with Gasteiger partial charge in [0, 0.05) is 0 Å². The summed E-state index contributed by atoms with van der Waals surface area (Å²) in [6, 6.07) is 16.6. The van der Waals surface area contributed by atoms with Crippen LogP contribution in [-0.4, -0.2) is 21.7 Å². The smallest absolute Gasteiger partial charge is 0.412 e. The van der Waals surface area contributed by atoms with Gasteiger partial charge >= 0.3 is 6.09 Å². The summed E-state index contributed by atoms with van der Waals surface area (Å²) < 4.78 is 10.0. The van der Waals surface area contributed by atoms with Gasteiger partial charge in [0.15, 0.2) is 0 Å². The Morgan fingerprint density at radius 2 is 1.74 bits per heavy atom. The van der Waals surface area contributed by atoms with E-state index in [2.05, 4.69) is 52.7 Å². The molecule has 0 radical (unpaired) electrons. The van der Waals surface area contributed by atoms with Crippen molar-refractivity contribution >= 4 is 23.3 Å². The number of hydrogen-bond donors (Lipinski definition) is 2. The van der Waals surface area contributed by atoms with Gasteiger partial charge in [0.05, 0.1) is 27.4 Å². The lowest BCUT2D eigenvalue weighted by atomic mass is 9.92. The van der Waals surface area contributed by atoms with Gasteiger partial charge in [-0.05, 0) is 79.4 Å². The minimum Gasteiger partial charge on any atom is -0.512 e. The second-order valence-corrected chi connectivity index (χ2v) is 9.82. The van der Waals surface area contributed by atoms with Gasteiger partial charge in [-0.25, -0.2) is 4.79 Å². The normalized spacial score (nSPS) is 15.4. The lowest BCUT2D eigenvalue weighted by molar-refractivity contribution is 0.135. The summed E-state index contributed by atoms with van der Waals surface area (Å²) >= 11 is 1.36. The molecule has 1 amide bonds. The number of hydrogen-bond acceptors (Lipinski definition) is 5. The number of nitrogens with one attached hydrogen (secondary N) is 1. The Morgan fingerprint density at radius 3 is 2.26 bits per heavy atom. The van der Waals surface area contributed by atoms with Crippen LogP contribution in [0.25, 0.3) is 21.6 Å². The first-order valence-corrected chi connectivity index (χ1v) is 12.7. The third-order valence-electron chi connectivity index (χ3n) is 6.90. The zero-order valence-corrected chi connectivity index (χ0v) is 21.5. The molecule has 1 aliphatic carbocycles. The molecular formula is C29H32N2O3S. The quantitative estimate of drug-likeness (QED) is 0.248. The Labute approximate surface area is 211 Å². The summed E-state index contributed by atoms with van der Waals surface area (Å²) in [4.78, 5) is 13.5. The zero-order valence-electron chi connectivity index (χ0n) is 20.7. The molecule has 6 heteroatoms. The van der Waals surface area contributed by atoms with E-state index in [0.717, 1.165) is 57.7 Å². The molecule has 0 spiro atoms. The molecule has 0 aliphatic heterocycles. The molecule has 2 N–H and O–H groups in total. The van der Waals surface area contributed by atoms with E-state index in [4.69, 9.17) is 4.74 Å². The third kappa shape index (κ3) is 5.03. The number of aromatic nitrogens is 1. The molecule has 1 heterocycles. The highest BCUT2D eigenvalue weighted by Gasteiger charge is 2.47. The standard InChI is InChI=1S/C29H32N2O3S/c1-6-21(7-2)19(4)34-28(33)30-26-18(3)31-35-27(26)24-10-8-22(9-11-24)23-12-14-25(15-13-23)29(16-17-29)20(5)32/h6,8-15,19,32H,5,7,16-17H2,1-4H3,(H,30,33)/b21-6-. The number of aliphatic hydroxyl groups excluding tert-OH is 1. The minimum atomic E-state index is -0.481. The number of benzene rings is 2. The molecule has 1 saturated carbocycles. The molecule has 4 rings (SSSR count). The monoisotopic (exact) mass is 488 g/mol. The molecule has 1 fully saturated rings. The maximum absolute atomic E-state index is 12.6. The fraction of sp³-hybridized carbons (Fsp3) is 0.310. The minimum absolute atomic E-state index is 0.250. The van der Waals surface area contributed by atoms with Crippen molar-refractivity contribution < 1.29 is 14.6 Å². The molecule has 1 atom stereocenters. The molecule has 2 aromatic carbocycles. The molecule has 182 valence electrons.